The molecule has 0 spiro atoms. The zero-order valence-electron chi connectivity index (χ0n) is 10.7. The smallest absolute Gasteiger partial charge is 0.239 e. The summed E-state index contributed by atoms with van der Waals surface area (Å²) < 4.78 is 17.8. The maximum Gasteiger partial charge on any atom is 0.239 e. The molecule has 7 heteroatoms. The second-order valence-electron chi connectivity index (χ2n) is 3.97. The van der Waals surface area contributed by atoms with Crippen molar-refractivity contribution in [3.05, 3.63) is 34.6 Å². The number of methoxy groups -OCH3 is 1. The molecule has 1 amide bonds. The van der Waals surface area contributed by atoms with Gasteiger partial charge in [-0.15, -0.1) is 12.4 Å². The summed E-state index contributed by atoms with van der Waals surface area (Å²) in [6.07, 6.45) is 0. The molecule has 0 fully saturated rings. The summed E-state index contributed by atoms with van der Waals surface area (Å²) in [5.41, 5.74) is 6.29. The van der Waals surface area contributed by atoms with Crippen LogP contribution in [0.5, 0.6) is 0 Å². The Bertz CT molecular complexity index is 432. The summed E-state index contributed by atoms with van der Waals surface area (Å²) in [6.45, 7) is 1.91. The van der Waals surface area contributed by atoms with E-state index in [1.807, 2.05) is 0 Å². The maximum atomic E-state index is 13.0. The summed E-state index contributed by atoms with van der Waals surface area (Å²) in [5, 5.41) is 2.73. The minimum Gasteiger partial charge on any atom is -0.383 e. The third-order valence-electron chi connectivity index (χ3n) is 2.49. The van der Waals surface area contributed by atoms with E-state index in [2.05, 4.69) is 5.32 Å². The Kier molecular flexibility index (Phi) is 7.94. The van der Waals surface area contributed by atoms with Gasteiger partial charge in [0.15, 0.2) is 0 Å². The topological polar surface area (TPSA) is 64.3 Å². The fourth-order valence-electron chi connectivity index (χ4n) is 1.44. The standard InChI is InChI=1S/C12H16ClFN2O2.ClH/c1-7(16-12(17)11(15)6-18-2)8-3-4-10(14)9(13)5-8;/h3-5,7,11H,6,15H2,1-2H3,(H,16,17);1H. The van der Waals surface area contributed by atoms with Gasteiger partial charge < -0.3 is 15.8 Å². The zero-order valence-corrected chi connectivity index (χ0v) is 12.2. The van der Waals surface area contributed by atoms with Crippen LogP contribution in [0.15, 0.2) is 18.2 Å². The highest BCUT2D eigenvalue weighted by Crippen LogP contribution is 2.20. The van der Waals surface area contributed by atoms with Crippen LogP contribution >= 0.6 is 24.0 Å². The van der Waals surface area contributed by atoms with Crippen LogP contribution in [0.1, 0.15) is 18.5 Å². The number of nitrogens with two attached hydrogens (primary N) is 1. The Morgan fingerprint density at radius 1 is 1.58 bits per heavy atom. The first-order valence-electron chi connectivity index (χ1n) is 5.45. The van der Waals surface area contributed by atoms with Gasteiger partial charge in [-0.05, 0) is 24.6 Å². The number of rotatable bonds is 5. The van der Waals surface area contributed by atoms with Crippen molar-refractivity contribution in [2.45, 2.75) is 19.0 Å². The Labute approximate surface area is 122 Å². The van der Waals surface area contributed by atoms with Gasteiger partial charge in [-0.25, -0.2) is 4.39 Å². The van der Waals surface area contributed by atoms with Crippen LogP contribution in [-0.4, -0.2) is 25.7 Å². The third-order valence-corrected chi connectivity index (χ3v) is 2.78. The van der Waals surface area contributed by atoms with Crippen molar-refractivity contribution >= 4 is 29.9 Å². The van der Waals surface area contributed by atoms with Crippen LogP contribution in [0.3, 0.4) is 0 Å². The number of hydrogen-bond donors (Lipinski definition) is 2. The molecule has 0 aliphatic heterocycles. The monoisotopic (exact) mass is 310 g/mol. The first-order chi connectivity index (χ1) is 8.45. The highest BCUT2D eigenvalue weighted by molar-refractivity contribution is 6.30. The SMILES string of the molecule is COCC(N)C(=O)NC(C)c1ccc(F)c(Cl)c1.Cl. The van der Waals surface area contributed by atoms with Crippen molar-refractivity contribution in [3.8, 4) is 0 Å². The van der Waals surface area contributed by atoms with E-state index in [0.29, 0.717) is 5.56 Å². The fourth-order valence-corrected chi connectivity index (χ4v) is 1.63. The van der Waals surface area contributed by atoms with Crippen molar-refractivity contribution in [3.63, 3.8) is 0 Å². The van der Waals surface area contributed by atoms with Gasteiger partial charge in [0.25, 0.3) is 0 Å². The predicted molar refractivity (Wildman–Crippen MR) is 75.1 cm³/mol. The molecule has 0 aromatic heterocycles. The number of carbonyl (C=O) groups is 1. The molecule has 108 valence electrons. The van der Waals surface area contributed by atoms with E-state index < -0.39 is 11.9 Å². The number of amides is 1. The molecule has 1 rings (SSSR count). The van der Waals surface area contributed by atoms with Gasteiger partial charge in [0.1, 0.15) is 11.9 Å². The first-order valence-corrected chi connectivity index (χ1v) is 5.83. The summed E-state index contributed by atoms with van der Waals surface area (Å²) in [4.78, 5) is 11.6. The molecule has 3 N–H and O–H groups in total. The fraction of sp³-hybridized carbons (Fsp3) is 0.417. The van der Waals surface area contributed by atoms with E-state index in [-0.39, 0.29) is 36.0 Å². The molecular formula is C12H17Cl2FN2O2. The van der Waals surface area contributed by atoms with E-state index >= 15 is 0 Å². The number of carbonyl (C=O) groups excluding carboxylic acids is 1. The largest absolute Gasteiger partial charge is 0.383 e. The zero-order chi connectivity index (χ0) is 13.7. The molecule has 1 aromatic rings. The van der Waals surface area contributed by atoms with Crippen LogP contribution in [0.2, 0.25) is 5.02 Å². The number of hydrogen-bond acceptors (Lipinski definition) is 3. The van der Waals surface area contributed by atoms with Gasteiger partial charge in [-0.2, -0.15) is 0 Å². The molecule has 0 radical (unpaired) electrons. The number of benzene rings is 1. The van der Waals surface area contributed by atoms with Crippen molar-refractivity contribution < 1.29 is 13.9 Å². The van der Waals surface area contributed by atoms with E-state index in [1.54, 1.807) is 13.0 Å². The van der Waals surface area contributed by atoms with Gasteiger partial charge in [0.05, 0.1) is 17.7 Å². The molecular weight excluding hydrogens is 294 g/mol. The van der Waals surface area contributed by atoms with Crippen molar-refractivity contribution in [1.29, 1.82) is 0 Å². The van der Waals surface area contributed by atoms with E-state index in [4.69, 9.17) is 22.1 Å². The number of halogens is 3. The van der Waals surface area contributed by atoms with Crippen LogP contribution in [0.4, 0.5) is 4.39 Å². The van der Waals surface area contributed by atoms with E-state index in [1.165, 1.54) is 19.2 Å². The van der Waals surface area contributed by atoms with Crippen molar-refractivity contribution in [1.82, 2.24) is 5.32 Å². The minimum atomic E-state index is -0.728. The van der Waals surface area contributed by atoms with Gasteiger partial charge in [-0.1, -0.05) is 17.7 Å². The Morgan fingerprint density at radius 3 is 2.74 bits per heavy atom. The highest BCUT2D eigenvalue weighted by Gasteiger charge is 2.16. The molecule has 4 nitrogen and oxygen atoms in total. The molecule has 0 saturated heterocycles. The lowest BCUT2D eigenvalue weighted by molar-refractivity contribution is -0.124. The summed E-state index contributed by atoms with van der Waals surface area (Å²) >= 11 is 5.67. The van der Waals surface area contributed by atoms with Crippen LogP contribution in [0, 0.1) is 5.82 Å². The average molecular weight is 311 g/mol. The second-order valence-corrected chi connectivity index (χ2v) is 4.37. The Hall–Kier alpha value is -0.880. The molecule has 0 aliphatic rings. The average Bonchev–Trinajstić information content (AvgIpc) is 2.32. The van der Waals surface area contributed by atoms with Gasteiger partial charge in [-0.3, -0.25) is 4.79 Å². The number of ether oxygens (including phenoxy) is 1. The Balaban J connectivity index is 0.00000324. The second kappa shape index (κ2) is 8.32. The van der Waals surface area contributed by atoms with E-state index in [9.17, 15) is 9.18 Å². The van der Waals surface area contributed by atoms with Crippen molar-refractivity contribution in [2.75, 3.05) is 13.7 Å². The predicted octanol–water partition coefficient (Wildman–Crippen LogP) is 2.05. The minimum absolute atomic E-state index is 0. The van der Waals surface area contributed by atoms with Gasteiger partial charge in [0, 0.05) is 7.11 Å². The lowest BCUT2D eigenvalue weighted by Crippen LogP contribution is -2.44. The van der Waals surface area contributed by atoms with Crippen LogP contribution in [0.25, 0.3) is 0 Å². The third kappa shape index (κ3) is 5.32. The van der Waals surface area contributed by atoms with Gasteiger partial charge in [0.2, 0.25) is 5.91 Å². The Morgan fingerprint density at radius 2 is 2.21 bits per heavy atom. The summed E-state index contributed by atoms with van der Waals surface area (Å²) in [5.74, 6) is -0.820. The summed E-state index contributed by atoms with van der Waals surface area (Å²) in [6, 6.07) is 3.26. The quantitative estimate of drug-likeness (QED) is 0.875. The van der Waals surface area contributed by atoms with Crippen LogP contribution < -0.4 is 11.1 Å². The molecule has 0 heterocycles. The normalized spacial score (nSPS) is 13.3. The molecule has 2 atom stereocenters. The maximum absolute atomic E-state index is 13.0. The lowest BCUT2D eigenvalue weighted by Gasteiger charge is -2.17. The molecule has 1 aromatic carbocycles. The highest BCUT2D eigenvalue weighted by atomic mass is 35.5. The van der Waals surface area contributed by atoms with Crippen molar-refractivity contribution in [2.24, 2.45) is 5.73 Å². The van der Waals surface area contributed by atoms with E-state index in [0.717, 1.165) is 0 Å². The molecule has 0 saturated carbocycles. The molecule has 19 heavy (non-hydrogen) atoms. The molecule has 0 aliphatic carbocycles. The number of nitrogens with one attached hydrogen (secondary N) is 1. The van der Waals surface area contributed by atoms with Gasteiger partial charge >= 0.3 is 0 Å². The first kappa shape index (κ1) is 18.1. The molecule has 2 unspecified atom stereocenters. The van der Waals surface area contributed by atoms with Crippen LogP contribution in [-0.2, 0) is 9.53 Å². The lowest BCUT2D eigenvalue weighted by atomic mass is 10.1. The molecule has 0 bridgehead atoms. The summed E-state index contributed by atoms with van der Waals surface area (Å²) in [7, 11) is 1.47.